The standard InChI is InChI=1S/C24H31NO4/c1-5-6-17-12-16-9-8-15-11-13(2)7-10-18(15)23(16,4)21(28)24(17)20(27)19(14(3)26)25-22(24)29/h5-6,8-9,12-15,17-19,26H,7,10-11H2,1-4H3,(H,25,29)/t13-,14-,15-,17-,18-,19+,23-,24-/m1/s1. The first-order chi connectivity index (χ1) is 13.7. The van der Waals surface area contributed by atoms with E-state index in [1.54, 1.807) is 12.2 Å². The van der Waals surface area contributed by atoms with Crippen LogP contribution in [0, 0.1) is 34.5 Å². The largest absolute Gasteiger partial charge is 0.391 e. The summed E-state index contributed by atoms with van der Waals surface area (Å²) in [5.41, 5.74) is -1.73. The molecule has 3 aliphatic carbocycles. The molecule has 1 heterocycles. The molecule has 0 bridgehead atoms. The molecule has 5 nitrogen and oxygen atoms in total. The molecule has 0 aromatic heterocycles. The number of aliphatic hydroxyl groups is 1. The highest BCUT2D eigenvalue weighted by atomic mass is 16.3. The number of Topliss-reactive ketones (excluding diaryl/α,β-unsaturated/α-hetero) is 2. The number of nitrogens with one attached hydrogen (secondary N) is 1. The van der Waals surface area contributed by atoms with E-state index in [9.17, 15) is 19.5 Å². The summed E-state index contributed by atoms with van der Waals surface area (Å²) in [5.74, 6) is -0.988. The number of ketones is 2. The molecule has 1 amide bonds. The lowest BCUT2D eigenvalue weighted by Gasteiger charge is -2.53. The lowest BCUT2D eigenvalue weighted by molar-refractivity contribution is -0.155. The summed E-state index contributed by atoms with van der Waals surface area (Å²) in [6, 6.07) is -1.04. The van der Waals surface area contributed by atoms with Gasteiger partial charge in [0.05, 0.1) is 11.5 Å². The molecule has 0 unspecified atom stereocenters. The Bertz CT molecular complexity index is 853. The van der Waals surface area contributed by atoms with Crippen LogP contribution in [-0.2, 0) is 14.4 Å². The van der Waals surface area contributed by atoms with E-state index >= 15 is 0 Å². The smallest absolute Gasteiger partial charge is 0.243 e. The van der Waals surface area contributed by atoms with Gasteiger partial charge in [-0.05, 0) is 56.9 Å². The first-order valence-corrected chi connectivity index (χ1v) is 10.8. The van der Waals surface area contributed by atoms with Crippen molar-refractivity contribution in [2.45, 2.75) is 59.1 Å². The molecule has 4 rings (SSSR count). The number of allylic oxidation sites excluding steroid dienone is 6. The van der Waals surface area contributed by atoms with Crippen molar-refractivity contribution in [1.29, 1.82) is 0 Å². The molecule has 2 N–H and O–H groups in total. The first kappa shape index (κ1) is 20.3. The lowest BCUT2D eigenvalue weighted by atomic mass is 9.47. The maximum Gasteiger partial charge on any atom is 0.243 e. The van der Waals surface area contributed by atoms with Gasteiger partial charge in [-0.25, -0.2) is 0 Å². The minimum Gasteiger partial charge on any atom is -0.391 e. The van der Waals surface area contributed by atoms with Gasteiger partial charge in [-0.3, -0.25) is 14.4 Å². The zero-order valence-electron chi connectivity index (χ0n) is 17.6. The zero-order chi connectivity index (χ0) is 21.1. The Hall–Kier alpha value is -2.01. The molecule has 156 valence electrons. The normalized spacial score (nSPS) is 45.2. The van der Waals surface area contributed by atoms with Crippen molar-refractivity contribution >= 4 is 17.5 Å². The van der Waals surface area contributed by atoms with Gasteiger partial charge >= 0.3 is 0 Å². The van der Waals surface area contributed by atoms with Crippen LogP contribution in [0.4, 0.5) is 0 Å². The number of aliphatic hydroxyl groups excluding tert-OH is 1. The van der Waals surface area contributed by atoms with Crippen molar-refractivity contribution in [3.8, 4) is 0 Å². The second-order valence-corrected chi connectivity index (χ2v) is 9.62. The highest BCUT2D eigenvalue weighted by Gasteiger charge is 2.70. The molecular weight excluding hydrogens is 366 g/mol. The van der Waals surface area contributed by atoms with E-state index in [0.717, 1.165) is 24.8 Å². The van der Waals surface area contributed by atoms with E-state index in [2.05, 4.69) is 18.3 Å². The Morgan fingerprint density at radius 1 is 1.28 bits per heavy atom. The third kappa shape index (κ3) is 2.52. The fourth-order valence-corrected chi connectivity index (χ4v) is 6.33. The molecule has 1 aliphatic heterocycles. The maximum atomic E-state index is 14.2. The molecule has 8 atom stereocenters. The molecule has 5 heteroatoms. The van der Waals surface area contributed by atoms with Crippen LogP contribution in [0.25, 0.3) is 0 Å². The van der Waals surface area contributed by atoms with Crippen LogP contribution >= 0.6 is 0 Å². The van der Waals surface area contributed by atoms with Crippen molar-refractivity contribution in [3.63, 3.8) is 0 Å². The number of carbonyl (C=O) groups excluding carboxylic acids is 3. The van der Waals surface area contributed by atoms with Crippen LogP contribution in [0.5, 0.6) is 0 Å². The summed E-state index contributed by atoms with van der Waals surface area (Å²) in [4.78, 5) is 41.0. The van der Waals surface area contributed by atoms with Gasteiger partial charge in [-0.15, -0.1) is 0 Å². The Balaban J connectivity index is 1.91. The fraction of sp³-hybridized carbons (Fsp3) is 0.625. The van der Waals surface area contributed by atoms with E-state index in [0.29, 0.717) is 5.92 Å². The monoisotopic (exact) mass is 397 g/mol. The van der Waals surface area contributed by atoms with E-state index < -0.39 is 40.6 Å². The van der Waals surface area contributed by atoms with Crippen molar-refractivity contribution in [2.24, 2.45) is 34.5 Å². The van der Waals surface area contributed by atoms with Crippen molar-refractivity contribution in [2.75, 3.05) is 0 Å². The molecule has 0 aromatic carbocycles. The van der Waals surface area contributed by atoms with Gasteiger partial charge in [0.15, 0.2) is 17.0 Å². The molecule has 2 fully saturated rings. The highest BCUT2D eigenvalue weighted by molar-refractivity contribution is 6.31. The lowest BCUT2D eigenvalue weighted by Crippen LogP contribution is -2.60. The van der Waals surface area contributed by atoms with Crippen molar-refractivity contribution in [3.05, 3.63) is 36.0 Å². The quantitative estimate of drug-likeness (QED) is 0.554. The summed E-state index contributed by atoms with van der Waals surface area (Å²) in [7, 11) is 0. The van der Waals surface area contributed by atoms with E-state index in [-0.39, 0.29) is 17.6 Å². The Morgan fingerprint density at radius 3 is 2.62 bits per heavy atom. The molecule has 1 spiro atoms. The number of fused-ring (bicyclic) bond motifs is 3. The molecule has 29 heavy (non-hydrogen) atoms. The summed E-state index contributed by atoms with van der Waals surface area (Å²) in [6.45, 7) is 7.47. The van der Waals surface area contributed by atoms with Crippen LogP contribution < -0.4 is 5.32 Å². The fourth-order valence-electron chi connectivity index (χ4n) is 6.33. The summed E-state index contributed by atoms with van der Waals surface area (Å²) >= 11 is 0. The summed E-state index contributed by atoms with van der Waals surface area (Å²) < 4.78 is 0. The Labute approximate surface area is 172 Å². The van der Waals surface area contributed by atoms with Crippen LogP contribution in [0.2, 0.25) is 0 Å². The van der Waals surface area contributed by atoms with Gasteiger partial charge in [0.2, 0.25) is 5.91 Å². The Kier molecular flexibility index (Phi) is 4.73. The minimum atomic E-state index is -1.79. The SMILES string of the molecule is CC=C[C@@H]1C=C2C=C[C@@H]3C[C@H](C)CC[C@H]3[C@]2(C)C(=O)[C@@]12C(=O)N[C@@H]([C@@H](C)O)C2=O. The van der Waals surface area contributed by atoms with Crippen LogP contribution in [0.1, 0.15) is 47.0 Å². The van der Waals surface area contributed by atoms with Gasteiger partial charge in [-0.1, -0.05) is 43.7 Å². The van der Waals surface area contributed by atoms with Crippen LogP contribution in [-0.4, -0.2) is 34.7 Å². The third-order valence-corrected chi connectivity index (χ3v) is 7.91. The number of hydrogen-bond donors (Lipinski definition) is 2. The zero-order valence-corrected chi connectivity index (χ0v) is 17.6. The molecular formula is C24H31NO4. The van der Waals surface area contributed by atoms with E-state index in [1.165, 1.54) is 6.92 Å². The maximum absolute atomic E-state index is 14.2. The number of amides is 1. The second-order valence-electron chi connectivity index (χ2n) is 9.62. The van der Waals surface area contributed by atoms with Crippen molar-refractivity contribution < 1.29 is 19.5 Å². The van der Waals surface area contributed by atoms with Crippen molar-refractivity contribution in [1.82, 2.24) is 5.32 Å². The molecule has 1 saturated carbocycles. The molecule has 1 saturated heterocycles. The highest BCUT2D eigenvalue weighted by Crippen LogP contribution is 2.59. The molecule has 4 aliphatic rings. The van der Waals surface area contributed by atoms with Crippen LogP contribution in [0.3, 0.4) is 0 Å². The number of rotatable bonds is 2. The van der Waals surface area contributed by atoms with Crippen LogP contribution in [0.15, 0.2) is 36.0 Å². The average molecular weight is 398 g/mol. The number of carbonyl (C=O) groups is 3. The average Bonchev–Trinajstić information content (AvgIpc) is 2.93. The number of hydrogen-bond acceptors (Lipinski definition) is 4. The predicted molar refractivity (Wildman–Crippen MR) is 110 cm³/mol. The van der Waals surface area contributed by atoms with Gasteiger partial charge in [-0.2, -0.15) is 0 Å². The molecule has 0 aromatic rings. The first-order valence-electron chi connectivity index (χ1n) is 10.8. The Morgan fingerprint density at radius 2 is 2.00 bits per heavy atom. The second kappa shape index (κ2) is 6.76. The minimum absolute atomic E-state index is 0.0945. The third-order valence-electron chi connectivity index (χ3n) is 7.91. The summed E-state index contributed by atoms with van der Waals surface area (Å²) in [5, 5.41) is 12.7. The molecule has 0 radical (unpaired) electrons. The summed E-state index contributed by atoms with van der Waals surface area (Å²) in [6.07, 6.45) is 11.7. The van der Waals surface area contributed by atoms with Gasteiger partial charge in [0, 0.05) is 5.92 Å². The predicted octanol–water partition coefficient (Wildman–Crippen LogP) is 2.75. The van der Waals surface area contributed by atoms with Gasteiger partial charge < -0.3 is 10.4 Å². The van der Waals surface area contributed by atoms with E-state index in [1.807, 2.05) is 26.0 Å². The van der Waals surface area contributed by atoms with Gasteiger partial charge in [0.25, 0.3) is 0 Å². The van der Waals surface area contributed by atoms with Gasteiger partial charge in [0.1, 0.15) is 6.04 Å². The van der Waals surface area contributed by atoms with E-state index in [4.69, 9.17) is 0 Å². The topological polar surface area (TPSA) is 83.5 Å².